The van der Waals surface area contributed by atoms with E-state index in [1.54, 1.807) is 0 Å². The van der Waals surface area contributed by atoms with Crippen molar-refractivity contribution in [3.63, 3.8) is 0 Å². The molecule has 1 unspecified atom stereocenters. The van der Waals surface area contributed by atoms with Crippen molar-refractivity contribution < 1.29 is 0 Å². The molecule has 0 saturated heterocycles. The minimum Gasteiger partial charge on any atom is -0.153 e. The first-order chi connectivity index (χ1) is 0. The van der Waals surface area contributed by atoms with E-state index < -0.39 is 0 Å². The molecule has 6 heavy (non-hydrogen) atoms. The van der Waals surface area contributed by atoms with Gasteiger partial charge in [0.2, 0.25) is 0 Å². The van der Waals surface area contributed by atoms with Crippen LogP contribution in [-0.4, -0.2) is 0 Å². The van der Waals surface area contributed by atoms with Crippen LogP contribution in [0.5, 0.6) is 0 Å². The second-order valence-corrected chi connectivity index (χ2v) is 0. The third kappa shape index (κ3) is 282. The van der Waals surface area contributed by atoms with Crippen LogP contribution in [-0.2, 0) is 0 Å². The maximum Gasteiger partial charge on any atom is 0 e. The van der Waals surface area contributed by atoms with Crippen molar-refractivity contribution in [2.24, 2.45) is 0 Å². The Kier molecular flexibility index (Phi) is 98500. The monoisotopic (exact) mass is 94.0 g/mol. The van der Waals surface area contributed by atoms with Crippen molar-refractivity contribution in [3.8, 4) is 0 Å². The lowest BCUT2D eigenvalue weighted by Gasteiger charge is -0.153. The van der Waals surface area contributed by atoms with Crippen LogP contribution in [0.15, 0.2) is 0 Å². The van der Waals surface area contributed by atoms with Crippen molar-refractivity contribution in [3.05, 3.63) is 37.1 Å². The summed E-state index contributed by atoms with van der Waals surface area (Å²) in [7, 11) is 0. The molecule has 28 valence electrons. The standard InChI is InChI=1S/5C.H3P/h;;;;;1H3. The topological polar surface area (TPSA) is 0 Å². The molecule has 0 heterocycles. The van der Waals surface area contributed by atoms with Gasteiger partial charge in [0, 0.05) is 37.1 Å². The predicted octanol–water partition coefficient (Wildman–Crippen LogP) is 0.465. The maximum atomic E-state index is 0. The molecule has 1 heteroatoms. The third-order valence-corrected chi connectivity index (χ3v) is 0. The molecule has 0 spiro atoms. The molecular weight excluding hydrogens is 91.0 g/mol. The summed E-state index contributed by atoms with van der Waals surface area (Å²) in [4.78, 5) is 0. The molecule has 0 aliphatic carbocycles. The molecule has 0 N–H and O–H groups in total. The number of hydrogen-bond acceptors (Lipinski definition) is 0. The van der Waals surface area contributed by atoms with E-state index in [4.69, 9.17) is 0 Å². The summed E-state index contributed by atoms with van der Waals surface area (Å²) in [6, 6.07) is 0. The lowest BCUT2D eigenvalue weighted by molar-refractivity contribution is 3.24. The van der Waals surface area contributed by atoms with Gasteiger partial charge in [0.1, 0.15) is 0 Å². The van der Waals surface area contributed by atoms with E-state index in [1.165, 1.54) is 0 Å². The van der Waals surface area contributed by atoms with E-state index >= 15 is 0 Å². The largest absolute Gasteiger partial charge is 0.153 e. The zero-order chi connectivity index (χ0) is 0. The van der Waals surface area contributed by atoms with Crippen molar-refractivity contribution in [2.45, 2.75) is 0 Å². The van der Waals surface area contributed by atoms with Gasteiger partial charge in [-0.1, -0.05) is 0 Å². The highest BCUT2D eigenvalue weighted by Crippen LogP contribution is 0.861. The summed E-state index contributed by atoms with van der Waals surface area (Å²) < 4.78 is 0. The first kappa shape index (κ1) is 1030. The average molecular weight is 94.1 g/mol. The van der Waals surface area contributed by atoms with Gasteiger partial charge < -0.3 is 0 Å². The summed E-state index contributed by atoms with van der Waals surface area (Å²) in [6.45, 7) is 0. The van der Waals surface area contributed by atoms with Crippen LogP contribution in [0.1, 0.15) is 0 Å². The molecule has 0 rings (SSSR count). The highest BCUT2D eigenvalue weighted by Gasteiger charge is 0.00403. The Balaban J connectivity index is 0. The molecule has 0 amide bonds. The second-order valence-electron chi connectivity index (χ2n) is 0. The Morgan fingerprint density at radius 3 is 0.333 bits per heavy atom. The summed E-state index contributed by atoms with van der Waals surface area (Å²) in [5.74, 6) is 0. The van der Waals surface area contributed by atoms with E-state index in [-0.39, 0.29) is 47.0 Å². The maximum absolute atomic E-state index is 0. The Bertz CT molecular complexity index is 3.90. The molecule has 0 aromatic rings. The van der Waals surface area contributed by atoms with Gasteiger partial charge in [0.05, 0.1) is 0 Å². The fourth-order valence-electron chi connectivity index (χ4n) is 0. The van der Waals surface area contributed by atoms with Crippen LogP contribution in [0.25, 0.3) is 0 Å². The highest BCUT2D eigenvalue weighted by molar-refractivity contribution is 6.92. The van der Waals surface area contributed by atoms with Gasteiger partial charge in [-0.3, -0.25) is 0 Å². The Hall–Kier alpha value is 0.430. The van der Waals surface area contributed by atoms with Gasteiger partial charge in [-0.25, -0.2) is 0 Å². The van der Waals surface area contributed by atoms with Crippen molar-refractivity contribution >= 4 is 9.90 Å². The van der Waals surface area contributed by atoms with E-state index in [9.17, 15) is 0 Å². The first-order valence-electron chi connectivity index (χ1n) is 0. The van der Waals surface area contributed by atoms with Crippen LogP contribution in [0, 0.1) is 37.1 Å². The van der Waals surface area contributed by atoms with Crippen LogP contribution in [0.4, 0.5) is 0 Å². The van der Waals surface area contributed by atoms with Gasteiger partial charge >= 0.3 is 0 Å². The molecule has 0 bridgehead atoms. The fourth-order valence-corrected chi connectivity index (χ4v) is 0. The molecule has 20 radical (unpaired) electrons. The molecule has 0 saturated carbocycles. The minimum atomic E-state index is 0. The first-order valence-corrected chi connectivity index (χ1v) is 0. The van der Waals surface area contributed by atoms with E-state index in [2.05, 4.69) is 0 Å². The lowest BCUT2D eigenvalue weighted by atomic mass is 12.0. The molecule has 0 aliphatic heterocycles. The van der Waals surface area contributed by atoms with E-state index in [1.807, 2.05) is 0 Å². The second kappa shape index (κ2) is 576. The normalized spacial score (nSPS) is 0. The van der Waals surface area contributed by atoms with Crippen molar-refractivity contribution in [1.29, 1.82) is 0 Å². The van der Waals surface area contributed by atoms with Crippen LogP contribution >= 0.6 is 9.90 Å². The summed E-state index contributed by atoms with van der Waals surface area (Å²) >= 11 is 0. The van der Waals surface area contributed by atoms with Crippen LogP contribution in [0.2, 0.25) is 0 Å². The van der Waals surface area contributed by atoms with Crippen molar-refractivity contribution in [2.75, 3.05) is 0 Å². The fraction of sp³-hybridized carbons (Fsp3) is 0. The lowest BCUT2D eigenvalue weighted by Crippen LogP contribution is 0.0803. The number of hydrogen-bond donors (Lipinski definition) is 0. The Morgan fingerprint density at radius 2 is 0.333 bits per heavy atom. The summed E-state index contributed by atoms with van der Waals surface area (Å²) in [6.07, 6.45) is 0. The Labute approximate surface area is 48.0 Å². The van der Waals surface area contributed by atoms with E-state index in [0.717, 1.165) is 0 Å². The molecule has 0 nitrogen and oxygen atoms in total. The molecule has 0 fully saturated rings. The van der Waals surface area contributed by atoms with Gasteiger partial charge in [-0.2, -0.15) is 9.90 Å². The predicted molar refractivity (Wildman–Crippen MR) is 27.3 cm³/mol. The molecule has 0 aliphatic rings. The Morgan fingerprint density at radius 1 is 0.333 bits per heavy atom. The van der Waals surface area contributed by atoms with Gasteiger partial charge in [-0.05, 0) is 0 Å². The summed E-state index contributed by atoms with van der Waals surface area (Å²) in [5.41, 5.74) is 0. The quantitative estimate of drug-likeness (QED) is 0.382. The van der Waals surface area contributed by atoms with Crippen LogP contribution < -0.4 is 0 Å². The molecular formula is C5H3P. The van der Waals surface area contributed by atoms with Gasteiger partial charge in [-0.15, -0.1) is 0 Å². The number of rotatable bonds is 0. The molecule has 0 aromatic carbocycles. The smallest absolute Gasteiger partial charge is 0 e. The average Bonchev–Trinajstić information content (AvgIpc) is 0. The minimum absolute atomic E-state index is 0. The van der Waals surface area contributed by atoms with Gasteiger partial charge in [0.25, 0.3) is 0 Å². The zero-order valence-corrected chi connectivity index (χ0v) is 4.62. The third-order valence-electron chi connectivity index (χ3n) is 0. The molecule has 0 aromatic heterocycles. The highest BCUT2D eigenvalue weighted by atomic mass is 31.0. The molecule has 1 atom stereocenters. The van der Waals surface area contributed by atoms with Gasteiger partial charge in [0.15, 0.2) is 0 Å². The zero-order valence-electron chi connectivity index (χ0n) is 3.21. The summed E-state index contributed by atoms with van der Waals surface area (Å²) in [5, 5.41) is 0. The van der Waals surface area contributed by atoms with Crippen molar-refractivity contribution in [1.82, 2.24) is 0 Å². The van der Waals surface area contributed by atoms with E-state index in [0.29, 0.717) is 0 Å². The SMILES string of the molecule is P.[C].[C].[C].[C].[C]. The van der Waals surface area contributed by atoms with Crippen LogP contribution in [0.3, 0.4) is 0 Å².